The minimum absolute atomic E-state index is 0. The van der Waals surface area contributed by atoms with Crippen LogP contribution in [0, 0.1) is 0 Å². The highest BCUT2D eigenvalue weighted by Gasteiger charge is 2.24. The van der Waals surface area contributed by atoms with Crippen molar-refractivity contribution >= 4 is 29.9 Å². The molecule has 4 nitrogen and oxygen atoms in total. The quantitative estimate of drug-likeness (QED) is 0.498. The predicted molar refractivity (Wildman–Crippen MR) is 84.9 cm³/mol. The maximum atomic E-state index is 5.82. The van der Waals surface area contributed by atoms with Crippen LogP contribution in [0.4, 0.5) is 0 Å². The highest BCUT2D eigenvalue weighted by Crippen LogP contribution is 2.28. The van der Waals surface area contributed by atoms with Gasteiger partial charge in [0.05, 0.1) is 7.11 Å². The second kappa shape index (κ2) is 6.82. The Morgan fingerprint density at radius 1 is 1.39 bits per heavy atom. The second-order valence-electron chi connectivity index (χ2n) is 4.29. The van der Waals surface area contributed by atoms with Crippen molar-refractivity contribution in [3.05, 3.63) is 29.8 Å². The van der Waals surface area contributed by atoms with E-state index in [0.29, 0.717) is 11.9 Å². The Labute approximate surface area is 125 Å². The fourth-order valence-corrected chi connectivity index (χ4v) is 2.26. The third kappa shape index (κ3) is 3.28. The van der Waals surface area contributed by atoms with Crippen molar-refractivity contribution in [1.82, 2.24) is 4.90 Å². The first-order valence-electron chi connectivity index (χ1n) is 5.85. The van der Waals surface area contributed by atoms with E-state index < -0.39 is 0 Å². The van der Waals surface area contributed by atoms with Crippen molar-refractivity contribution in [1.29, 1.82) is 0 Å². The van der Waals surface area contributed by atoms with Crippen LogP contribution in [-0.4, -0.2) is 38.1 Å². The first-order chi connectivity index (χ1) is 8.24. The number of halogens is 1. The minimum Gasteiger partial charge on any atom is -0.497 e. The summed E-state index contributed by atoms with van der Waals surface area (Å²) in [6, 6.07) is 8.28. The molecule has 1 aliphatic rings. The second-order valence-corrected chi connectivity index (χ2v) is 4.29. The van der Waals surface area contributed by atoms with Crippen LogP contribution < -0.4 is 10.5 Å². The number of methoxy groups -OCH3 is 1. The van der Waals surface area contributed by atoms with Gasteiger partial charge in [-0.1, -0.05) is 12.1 Å². The summed E-state index contributed by atoms with van der Waals surface area (Å²) in [5.41, 5.74) is 7.16. The molecule has 0 aliphatic carbocycles. The number of nitrogens with two attached hydrogens (primary N) is 1. The van der Waals surface area contributed by atoms with Crippen molar-refractivity contribution in [2.75, 3.05) is 27.2 Å². The van der Waals surface area contributed by atoms with Gasteiger partial charge in [-0.2, -0.15) is 0 Å². The summed E-state index contributed by atoms with van der Waals surface area (Å²) < 4.78 is 5.16. The Morgan fingerprint density at radius 2 is 2.06 bits per heavy atom. The van der Waals surface area contributed by atoms with Crippen molar-refractivity contribution in [3.63, 3.8) is 0 Å². The van der Waals surface area contributed by atoms with Crippen molar-refractivity contribution in [2.45, 2.75) is 12.3 Å². The number of rotatable bonds is 2. The van der Waals surface area contributed by atoms with Crippen LogP contribution >= 0.6 is 24.0 Å². The SMILES string of the molecule is CN=C(N)N1CCC(c2ccc(OC)cc2)C1.I. The lowest BCUT2D eigenvalue weighted by Crippen LogP contribution is -2.35. The van der Waals surface area contributed by atoms with Gasteiger partial charge in [0.2, 0.25) is 0 Å². The van der Waals surface area contributed by atoms with Gasteiger partial charge in [0.15, 0.2) is 5.96 Å². The zero-order valence-corrected chi connectivity index (χ0v) is 13.1. The summed E-state index contributed by atoms with van der Waals surface area (Å²) in [4.78, 5) is 6.16. The van der Waals surface area contributed by atoms with Crippen LogP contribution in [0.1, 0.15) is 17.9 Å². The fourth-order valence-electron chi connectivity index (χ4n) is 2.26. The first-order valence-corrected chi connectivity index (χ1v) is 5.85. The Morgan fingerprint density at radius 3 is 2.61 bits per heavy atom. The van der Waals surface area contributed by atoms with Crippen LogP contribution in [0.5, 0.6) is 5.75 Å². The Bertz CT molecular complexity index is 405. The molecule has 1 aromatic rings. The molecular weight excluding hydrogens is 341 g/mol. The standard InChI is InChI=1S/C13H19N3O.HI/c1-15-13(14)16-8-7-11(9-16)10-3-5-12(17-2)6-4-10;/h3-6,11H,7-9H2,1-2H3,(H2,14,15);1H. The van der Waals surface area contributed by atoms with Gasteiger partial charge >= 0.3 is 0 Å². The van der Waals surface area contributed by atoms with E-state index in [9.17, 15) is 0 Å². The molecule has 2 rings (SSSR count). The molecule has 0 saturated carbocycles. The maximum Gasteiger partial charge on any atom is 0.190 e. The summed E-state index contributed by atoms with van der Waals surface area (Å²) >= 11 is 0. The highest BCUT2D eigenvalue weighted by atomic mass is 127. The third-order valence-corrected chi connectivity index (χ3v) is 3.33. The van der Waals surface area contributed by atoms with Gasteiger partial charge in [-0.15, -0.1) is 24.0 Å². The monoisotopic (exact) mass is 361 g/mol. The predicted octanol–water partition coefficient (Wildman–Crippen LogP) is 2.05. The summed E-state index contributed by atoms with van der Waals surface area (Å²) in [6.45, 7) is 1.94. The van der Waals surface area contributed by atoms with Gasteiger partial charge in [0.25, 0.3) is 0 Å². The molecule has 2 N–H and O–H groups in total. The molecule has 1 fully saturated rings. The average Bonchev–Trinajstić information content (AvgIpc) is 2.87. The zero-order valence-electron chi connectivity index (χ0n) is 10.8. The molecule has 0 amide bonds. The van der Waals surface area contributed by atoms with Gasteiger partial charge in [-0.3, -0.25) is 4.99 Å². The Kier molecular flexibility index (Phi) is 5.71. The molecule has 0 radical (unpaired) electrons. The number of aliphatic imine (C=N–C) groups is 1. The van der Waals surface area contributed by atoms with E-state index in [4.69, 9.17) is 10.5 Å². The average molecular weight is 361 g/mol. The molecule has 0 spiro atoms. The molecule has 1 saturated heterocycles. The third-order valence-electron chi connectivity index (χ3n) is 3.33. The molecule has 1 atom stereocenters. The lowest BCUT2D eigenvalue weighted by Gasteiger charge is -2.17. The fraction of sp³-hybridized carbons (Fsp3) is 0.462. The lowest BCUT2D eigenvalue weighted by molar-refractivity contribution is 0.414. The van der Waals surface area contributed by atoms with E-state index >= 15 is 0 Å². The van der Waals surface area contributed by atoms with E-state index in [1.807, 2.05) is 12.1 Å². The van der Waals surface area contributed by atoms with Gasteiger partial charge in [-0.05, 0) is 24.1 Å². The topological polar surface area (TPSA) is 50.8 Å². The molecule has 5 heteroatoms. The van der Waals surface area contributed by atoms with Gasteiger partial charge in [0, 0.05) is 26.1 Å². The number of hydrogen-bond donors (Lipinski definition) is 1. The van der Waals surface area contributed by atoms with E-state index in [1.54, 1.807) is 14.2 Å². The Hall–Kier alpha value is -0.980. The van der Waals surface area contributed by atoms with E-state index in [1.165, 1.54) is 5.56 Å². The summed E-state index contributed by atoms with van der Waals surface area (Å²) in [7, 11) is 3.42. The van der Waals surface area contributed by atoms with Crippen LogP contribution in [0.25, 0.3) is 0 Å². The number of hydrogen-bond acceptors (Lipinski definition) is 2. The minimum atomic E-state index is 0. The van der Waals surface area contributed by atoms with Gasteiger partial charge in [0.1, 0.15) is 5.75 Å². The smallest absolute Gasteiger partial charge is 0.190 e. The number of guanidine groups is 1. The summed E-state index contributed by atoms with van der Waals surface area (Å²) in [6.07, 6.45) is 1.13. The normalized spacial score (nSPS) is 19.6. The maximum absolute atomic E-state index is 5.82. The summed E-state index contributed by atoms with van der Waals surface area (Å²) in [5.74, 6) is 2.08. The first kappa shape index (κ1) is 15.1. The molecule has 1 heterocycles. The molecule has 0 bridgehead atoms. The molecule has 1 unspecified atom stereocenters. The highest BCUT2D eigenvalue weighted by molar-refractivity contribution is 14.0. The molecule has 1 aromatic carbocycles. The number of nitrogens with zero attached hydrogens (tertiary/aromatic N) is 2. The van der Waals surface area contributed by atoms with Crippen LogP contribution in [0.15, 0.2) is 29.3 Å². The van der Waals surface area contributed by atoms with Crippen molar-refractivity contribution < 1.29 is 4.74 Å². The molecule has 18 heavy (non-hydrogen) atoms. The van der Waals surface area contributed by atoms with E-state index in [2.05, 4.69) is 22.0 Å². The summed E-state index contributed by atoms with van der Waals surface area (Å²) in [5, 5.41) is 0. The number of likely N-dealkylation sites (tertiary alicyclic amines) is 1. The van der Waals surface area contributed by atoms with E-state index in [-0.39, 0.29) is 24.0 Å². The Balaban J connectivity index is 0.00000162. The molecule has 100 valence electrons. The van der Waals surface area contributed by atoms with Crippen LogP contribution in [0.3, 0.4) is 0 Å². The van der Waals surface area contributed by atoms with Crippen molar-refractivity contribution in [3.8, 4) is 5.75 Å². The number of benzene rings is 1. The van der Waals surface area contributed by atoms with Gasteiger partial charge < -0.3 is 15.4 Å². The van der Waals surface area contributed by atoms with Crippen LogP contribution in [0.2, 0.25) is 0 Å². The largest absolute Gasteiger partial charge is 0.497 e. The van der Waals surface area contributed by atoms with Crippen LogP contribution in [-0.2, 0) is 0 Å². The molecular formula is C13H20IN3O. The van der Waals surface area contributed by atoms with Gasteiger partial charge in [-0.25, -0.2) is 0 Å². The molecule has 1 aliphatic heterocycles. The zero-order chi connectivity index (χ0) is 12.3. The molecule has 0 aromatic heterocycles. The van der Waals surface area contributed by atoms with E-state index in [0.717, 1.165) is 25.3 Å². The van der Waals surface area contributed by atoms with Crippen molar-refractivity contribution in [2.24, 2.45) is 10.7 Å². The lowest BCUT2D eigenvalue weighted by atomic mass is 9.98. The number of ether oxygens (including phenoxy) is 1.